The van der Waals surface area contributed by atoms with E-state index in [1.165, 1.54) is 6.07 Å². The van der Waals surface area contributed by atoms with E-state index in [0.717, 1.165) is 0 Å². The first kappa shape index (κ1) is 17.5. The maximum absolute atomic E-state index is 12.6. The van der Waals surface area contributed by atoms with Crippen LogP contribution in [-0.2, 0) is 0 Å². The van der Waals surface area contributed by atoms with E-state index in [2.05, 4.69) is 10.6 Å². The Morgan fingerprint density at radius 1 is 1.04 bits per heavy atom. The molecular formula is C19H18N3O4-. The van der Waals surface area contributed by atoms with Crippen LogP contribution in [0.25, 0.3) is 11.1 Å². The first-order chi connectivity index (χ1) is 12.6. The number of carbonyl (C=O) groups excluding carboxylic acids is 3. The van der Waals surface area contributed by atoms with Crippen molar-refractivity contribution in [3.63, 3.8) is 0 Å². The van der Waals surface area contributed by atoms with Crippen molar-refractivity contribution in [2.45, 2.75) is 0 Å². The second-order valence-corrected chi connectivity index (χ2v) is 5.85. The number of carboxylic acid groups (broad SMARTS) is 1. The molecule has 3 amide bonds. The van der Waals surface area contributed by atoms with Crippen molar-refractivity contribution in [2.24, 2.45) is 0 Å². The Balaban J connectivity index is 1.78. The molecule has 3 rings (SSSR count). The average Bonchev–Trinajstić information content (AvgIpc) is 3.06. The Morgan fingerprint density at radius 3 is 2.27 bits per heavy atom. The van der Waals surface area contributed by atoms with E-state index in [1.54, 1.807) is 47.4 Å². The summed E-state index contributed by atoms with van der Waals surface area (Å²) in [5.74, 6) is -1.62. The predicted octanol–water partition coefficient (Wildman–Crippen LogP) is 0.472. The molecule has 0 spiro atoms. The number of amides is 3. The van der Waals surface area contributed by atoms with E-state index in [0.29, 0.717) is 42.9 Å². The van der Waals surface area contributed by atoms with Gasteiger partial charge in [0.15, 0.2) is 0 Å². The van der Waals surface area contributed by atoms with E-state index < -0.39 is 5.97 Å². The standard InChI is InChI=1S/C19H19N3O4/c23-17(20-9-11-22-12-10-21-19(22)26)15-7-3-1-5-13(15)14-6-2-4-8-16(14)18(24)25/h1-8H,9-12H2,(H,20,23)(H,21,26)(H,24,25)/p-1. The van der Waals surface area contributed by atoms with Gasteiger partial charge in [-0.3, -0.25) is 4.79 Å². The van der Waals surface area contributed by atoms with Gasteiger partial charge in [-0.15, -0.1) is 0 Å². The molecule has 1 aliphatic heterocycles. The lowest BCUT2D eigenvalue weighted by Gasteiger charge is -2.16. The van der Waals surface area contributed by atoms with Crippen LogP contribution in [-0.4, -0.2) is 49.0 Å². The third kappa shape index (κ3) is 3.66. The second kappa shape index (κ2) is 7.69. The summed E-state index contributed by atoms with van der Waals surface area (Å²) in [6.45, 7) is 1.94. The minimum absolute atomic E-state index is 0.0292. The Labute approximate surface area is 150 Å². The molecule has 0 radical (unpaired) electrons. The molecule has 1 saturated heterocycles. The first-order valence-corrected chi connectivity index (χ1v) is 8.28. The van der Waals surface area contributed by atoms with Gasteiger partial charge in [0.05, 0.1) is 5.97 Å². The monoisotopic (exact) mass is 352 g/mol. The molecule has 0 saturated carbocycles. The largest absolute Gasteiger partial charge is 0.545 e. The van der Waals surface area contributed by atoms with Crippen LogP contribution >= 0.6 is 0 Å². The van der Waals surface area contributed by atoms with Crippen molar-refractivity contribution in [2.75, 3.05) is 26.2 Å². The van der Waals surface area contributed by atoms with Crippen molar-refractivity contribution in [3.8, 4) is 11.1 Å². The zero-order chi connectivity index (χ0) is 18.5. The van der Waals surface area contributed by atoms with Crippen molar-refractivity contribution in [1.29, 1.82) is 0 Å². The summed E-state index contributed by atoms with van der Waals surface area (Å²) >= 11 is 0. The topological polar surface area (TPSA) is 102 Å². The Hall–Kier alpha value is -3.35. The fourth-order valence-electron chi connectivity index (χ4n) is 2.94. The highest BCUT2D eigenvalue weighted by Gasteiger charge is 2.19. The zero-order valence-electron chi connectivity index (χ0n) is 14.0. The fourth-order valence-corrected chi connectivity index (χ4v) is 2.94. The molecule has 7 nitrogen and oxygen atoms in total. The number of hydrogen-bond donors (Lipinski definition) is 2. The Bertz CT molecular complexity index is 850. The molecule has 1 fully saturated rings. The van der Waals surface area contributed by atoms with Gasteiger partial charge in [-0.2, -0.15) is 0 Å². The zero-order valence-corrected chi connectivity index (χ0v) is 14.0. The van der Waals surface area contributed by atoms with Crippen LogP contribution in [0.3, 0.4) is 0 Å². The molecule has 7 heteroatoms. The van der Waals surface area contributed by atoms with Crippen LogP contribution in [0.15, 0.2) is 48.5 Å². The quantitative estimate of drug-likeness (QED) is 0.789. The Morgan fingerprint density at radius 2 is 1.65 bits per heavy atom. The average molecular weight is 352 g/mol. The van der Waals surface area contributed by atoms with Gasteiger partial charge >= 0.3 is 6.03 Å². The molecule has 1 aliphatic rings. The molecule has 134 valence electrons. The number of urea groups is 1. The van der Waals surface area contributed by atoms with Gasteiger partial charge in [0.25, 0.3) is 5.91 Å². The van der Waals surface area contributed by atoms with Crippen molar-refractivity contribution < 1.29 is 19.5 Å². The molecule has 0 atom stereocenters. The van der Waals surface area contributed by atoms with Gasteiger partial charge in [0.1, 0.15) is 0 Å². The number of benzene rings is 2. The lowest BCUT2D eigenvalue weighted by atomic mass is 9.95. The molecule has 2 N–H and O–H groups in total. The lowest BCUT2D eigenvalue weighted by molar-refractivity contribution is -0.254. The van der Waals surface area contributed by atoms with Gasteiger partial charge in [-0.1, -0.05) is 42.5 Å². The summed E-state index contributed by atoms with van der Waals surface area (Å²) in [6.07, 6.45) is 0. The summed E-state index contributed by atoms with van der Waals surface area (Å²) < 4.78 is 0. The summed E-state index contributed by atoms with van der Waals surface area (Å²) in [4.78, 5) is 37.1. The van der Waals surface area contributed by atoms with Crippen LogP contribution in [0, 0.1) is 0 Å². The van der Waals surface area contributed by atoms with E-state index in [-0.39, 0.29) is 17.5 Å². The first-order valence-electron chi connectivity index (χ1n) is 8.28. The maximum Gasteiger partial charge on any atom is 0.317 e. The van der Waals surface area contributed by atoms with E-state index in [1.807, 2.05) is 0 Å². The summed E-state index contributed by atoms with van der Waals surface area (Å²) in [6, 6.07) is 13.1. The smallest absolute Gasteiger partial charge is 0.317 e. The van der Waals surface area contributed by atoms with Crippen LogP contribution in [0.5, 0.6) is 0 Å². The van der Waals surface area contributed by atoms with E-state index >= 15 is 0 Å². The van der Waals surface area contributed by atoms with Crippen LogP contribution in [0.1, 0.15) is 20.7 Å². The van der Waals surface area contributed by atoms with Gasteiger partial charge in [-0.05, 0) is 17.2 Å². The van der Waals surface area contributed by atoms with E-state index in [9.17, 15) is 19.5 Å². The molecule has 0 unspecified atom stereocenters. The van der Waals surface area contributed by atoms with Gasteiger partial charge in [0.2, 0.25) is 0 Å². The third-order valence-electron chi connectivity index (χ3n) is 4.22. The number of nitrogens with zero attached hydrogens (tertiary/aromatic N) is 1. The molecule has 0 bridgehead atoms. The van der Waals surface area contributed by atoms with E-state index in [4.69, 9.17) is 0 Å². The number of aromatic carboxylic acids is 1. The highest BCUT2D eigenvalue weighted by Crippen LogP contribution is 2.27. The highest BCUT2D eigenvalue weighted by atomic mass is 16.4. The van der Waals surface area contributed by atoms with Crippen molar-refractivity contribution in [1.82, 2.24) is 15.5 Å². The number of carboxylic acids is 1. The minimum Gasteiger partial charge on any atom is -0.545 e. The minimum atomic E-state index is -1.30. The summed E-state index contributed by atoms with van der Waals surface area (Å²) in [7, 11) is 0. The number of carbonyl (C=O) groups is 3. The summed E-state index contributed by atoms with van der Waals surface area (Å²) in [5.41, 5.74) is 1.34. The number of nitrogens with one attached hydrogen (secondary N) is 2. The molecule has 1 heterocycles. The van der Waals surface area contributed by atoms with Crippen LogP contribution in [0.4, 0.5) is 4.79 Å². The maximum atomic E-state index is 12.6. The second-order valence-electron chi connectivity index (χ2n) is 5.85. The number of rotatable bonds is 6. The molecule has 26 heavy (non-hydrogen) atoms. The molecule has 2 aromatic rings. The molecule has 2 aromatic carbocycles. The van der Waals surface area contributed by atoms with Gasteiger partial charge in [-0.25, -0.2) is 4.79 Å². The van der Waals surface area contributed by atoms with Gasteiger partial charge < -0.3 is 25.4 Å². The molecule has 0 aromatic heterocycles. The third-order valence-corrected chi connectivity index (χ3v) is 4.22. The SMILES string of the molecule is O=C([O-])c1ccccc1-c1ccccc1C(=O)NCCN1CCNC1=O. The highest BCUT2D eigenvalue weighted by molar-refractivity contribution is 6.04. The molecular weight excluding hydrogens is 334 g/mol. The van der Waals surface area contributed by atoms with Crippen LogP contribution < -0.4 is 15.7 Å². The van der Waals surface area contributed by atoms with Gasteiger partial charge in [0, 0.05) is 37.3 Å². The number of hydrogen-bond acceptors (Lipinski definition) is 4. The normalized spacial score (nSPS) is 13.4. The Kier molecular flexibility index (Phi) is 5.17. The predicted molar refractivity (Wildman–Crippen MR) is 93.5 cm³/mol. The lowest BCUT2D eigenvalue weighted by Crippen LogP contribution is -2.36. The van der Waals surface area contributed by atoms with Crippen LogP contribution in [0.2, 0.25) is 0 Å². The summed E-state index contributed by atoms with van der Waals surface area (Å²) in [5, 5.41) is 16.9. The fraction of sp³-hybridized carbons (Fsp3) is 0.211. The van der Waals surface area contributed by atoms with Crippen molar-refractivity contribution >= 4 is 17.9 Å². The van der Waals surface area contributed by atoms with Crippen molar-refractivity contribution in [3.05, 3.63) is 59.7 Å². The molecule has 0 aliphatic carbocycles.